The first-order chi connectivity index (χ1) is 12.2. The number of amides is 2. The zero-order valence-electron chi connectivity index (χ0n) is 14.8. The minimum Gasteiger partial charge on any atom is -0.279 e. The van der Waals surface area contributed by atoms with Crippen molar-refractivity contribution in [2.24, 2.45) is 7.05 Å². The van der Waals surface area contributed by atoms with Crippen molar-refractivity contribution in [3.8, 4) is 0 Å². The molecule has 0 bridgehead atoms. The molecular formula is C17H20N4O4S. The third kappa shape index (κ3) is 3.10. The second kappa shape index (κ2) is 6.56. The molecule has 2 heterocycles. The van der Waals surface area contributed by atoms with E-state index in [0.717, 1.165) is 4.90 Å². The molecule has 1 aliphatic heterocycles. The highest BCUT2D eigenvalue weighted by Crippen LogP contribution is 2.32. The largest absolute Gasteiger partial charge is 0.279 e. The van der Waals surface area contributed by atoms with Crippen LogP contribution in [0.4, 0.5) is 11.4 Å². The number of imide groups is 1. The molecule has 1 N–H and O–H groups in total. The first kappa shape index (κ1) is 18.1. The normalized spacial score (nSPS) is 15.0. The van der Waals surface area contributed by atoms with E-state index in [2.05, 4.69) is 9.82 Å². The third-order valence-corrected chi connectivity index (χ3v) is 5.74. The zero-order chi connectivity index (χ0) is 19.1. The summed E-state index contributed by atoms with van der Waals surface area (Å²) in [7, 11) is -2.19. The van der Waals surface area contributed by atoms with E-state index < -0.39 is 10.0 Å². The number of nitrogens with one attached hydrogen (secondary N) is 1. The summed E-state index contributed by atoms with van der Waals surface area (Å²) in [5.41, 5.74) is 1.71. The van der Waals surface area contributed by atoms with E-state index in [0.29, 0.717) is 29.1 Å². The summed E-state index contributed by atoms with van der Waals surface area (Å²) >= 11 is 0. The van der Waals surface area contributed by atoms with Crippen LogP contribution in [0.5, 0.6) is 0 Å². The van der Waals surface area contributed by atoms with Gasteiger partial charge in [0.15, 0.2) is 0 Å². The highest BCUT2D eigenvalue weighted by Gasteiger charge is 2.32. The monoisotopic (exact) mass is 376 g/mol. The molecule has 9 heteroatoms. The quantitative estimate of drug-likeness (QED) is 0.801. The molecule has 8 nitrogen and oxygen atoms in total. The number of nitrogens with zero attached hydrogens (tertiary/aromatic N) is 3. The van der Waals surface area contributed by atoms with Gasteiger partial charge in [-0.05, 0) is 31.0 Å². The molecule has 1 aromatic carbocycles. The first-order valence-electron chi connectivity index (χ1n) is 8.25. The maximum absolute atomic E-state index is 12.8. The second-order valence-corrected chi connectivity index (χ2v) is 7.80. The van der Waals surface area contributed by atoms with Gasteiger partial charge in [0.2, 0.25) is 11.8 Å². The average molecular weight is 376 g/mol. The molecule has 2 amide bonds. The van der Waals surface area contributed by atoms with E-state index in [9.17, 15) is 18.0 Å². The fraction of sp³-hybridized carbons (Fsp3) is 0.353. The Bertz CT molecular complexity index is 978. The molecule has 2 aromatic rings. The number of hydrogen-bond donors (Lipinski definition) is 1. The predicted molar refractivity (Wildman–Crippen MR) is 96.3 cm³/mol. The molecule has 1 fully saturated rings. The number of aryl methyl sites for hydroxylation is 2. The summed E-state index contributed by atoms with van der Waals surface area (Å²) in [6.45, 7) is 3.51. The van der Waals surface area contributed by atoms with Gasteiger partial charge >= 0.3 is 0 Å². The fourth-order valence-corrected chi connectivity index (χ4v) is 4.41. The van der Waals surface area contributed by atoms with Gasteiger partial charge in [-0.25, -0.2) is 8.42 Å². The molecule has 1 saturated heterocycles. The van der Waals surface area contributed by atoms with Crippen LogP contribution in [-0.2, 0) is 33.1 Å². The van der Waals surface area contributed by atoms with Crippen LogP contribution in [0.2, 0.25) is 0 Å². The Morgan fingerprint density at radius 2 is 1.85 bits per heavy atom. The minimum absolute atomic E-state index is 0.112. The van der Waals surface area contributed by atoms with Gasteiger partial charge in [0.05, 0.1) is 17.1 Å². The molecule has 1 aromatic heterocycles. The summed E-state index contributed by atoms with van der Waals surface area (Å²) in [6, 6.07) is 4.85. The number of carbonyl (C=O) groups is 2. The number of sulfonamides is 1. The molecule has 0 spiro atoms. The Morgan fingerprint density at radius 3 is 2.46 bits per heavy atom. The van der Waals surface area contributed by atoms with Gasteiger partial charge < -0.3 is 0 Å². The summed E-state index contributed by atoms with van der Waals surface area (Å²) < 4.78 is 29.6. The molecule has 0 radical (unpaired) electrons. The van der Waals surface area contributed by atoms with Crippen molar-refractivity contribution in [2.75, 3.05) is 9.62 Å². The average Bonchev–Trinajstić information content (AvgIpc) is 3.12. The van der Waals surface area contributed by atoms with Crippen LogP contribution in [0.15, 0.2) is 29.3 Å². The lowest BCUT2D eigenvalue weighted by Gasteiger charge is -2.19. The molecule has 3 rings (SSSR count). The molecule has 0 aliphatic carbocycles. The van der Waals surface area contributed by atoms with Crippen LogP contribution in [0.1, 0.15) is 31.0 Å². The lowest BCUT2D eigenvalue weighted by atomic mass is 10.1. The van der Waals surface area contributed by atoms with Gasteiger partial charge in [-0.15, -0.1) is 0 Å². The molecular weight excluding hydrogens is 356 g/mol. The summed E-state index contributed by atoms with van der Waals surface area (Å²) in [6.07, 6.45) is 2.27. The lowest BCUT2D eigenvalue weighted by molar-refractivity contribution is -0.121. The SMILES string of the molecule is CCc1nn(C)cc1S(=O)(=O)Nc1cccc(N2C(=O)CCC2=O)c1C. The standard InChI is InChI=1S/C17H20N4O4S/c1-4-12-15(10-20(3)18-12)26(24,25)19-13-6-5-7-14(11(13)2)21-16(22)8-9-17(21)23/h5-7,10,19H,4,8-9H2,1-3H3. The van der Waals surface area contributed by atoms with E-state index in [4.69, 9.17) is 0 Å². The maximum Gasteiger partial charge on any atom is 0.265 e. The minimum atomic E-state index is -3.85. The molecule has 1 aliphatic rings. The summed E-state index contributed by atoms with van der Waals surface area (Å²) in [4.78, 5) is 25.2. The maximum atomic E-state index is 12.8. The van der Waals surface area contributed by atoms with Gasteiger partial charge in [0.25, 0.3) is 10.0 Å². The van der Waals surface area contributed by atoms with E-state index in [1.807, 2.05) is 6.92 Å². The molecule has 0 saturated carbocycles. The topological polar surface area (TPSA) is 101 Å². The van der Waals surface area contributed by atoms with E-state index >= 15 is 0 Å². The predicted octanol–water partition coefficient (Wildman–Crippen LogP) is 1.75. The Kier molecular flexibility index (Phi) is 4.57. The molecule has 138 valence electrons. The van der Waals surface area contributed by atoms with E-state index in [-0.39, 0.29) is 29.6 Å². The summed E-state index contributed by atoms with van der Waals surface area (Å²) in [5.74, 6) is -0.558. The lowest BCUT2D eigenvalue weighted by Crippen LogP contribution is -2.29. The van der Waals surface area contributed by atoms with Crippen molar-refractivity contribution in [1.29, 1.82) is 0 Å². The van der Waals surface area contributed by atoms with Gasteiger partial charge in [-0.3, -0.25) is 23.9 Å². The number of anilines is 2. The number of hydrogen-bond acceptors (Lipinski definition) is 5. The van der Waals surface area contributed by atoms with Crippen LogP contribution in [0, 0.1) is 6.92 Å². The number of rotatable bonds is 5. The van der Waals surface area contributed by atoms with Crippen molar-refractivity contribution < 1.29 is 18.0 Å². The van der Waals surface area contributed by atoms with Gasteiger partial charge in [-0.1, -0.05) is 13.0 Å². The van der Waals surface area contributed by atoms with E-state index in [1.54, 1.807) is 32.2 Å². The van der Waals surface area contributed by atoms with Crippen LogP contribution in [0.25, 0.3) is 0 Å². The summed E-state index contributed by atoms with van der Waals surface area (Å²) in [5, 5.41) is 4.16. The first-order valence-corrected chi connectivity index (χ1v) is 9.73. The number of carbonyl (C=O) groups excluding carboxylic acids is 2. The molecule has 0 atom stereocenters. The highest BCUT2D eigenvalue weighted by molar-refractivity contribution is 7.92. The van der Waals surface area contributed by atoms with Crippen LogP contribution < -0.4 is 9.62 Å². The van der Waals surface area contributed by atoms with Crippen molar-refractivity contribution >= 4 is 33.2 Å². The third-order valence-electron chi connectivity index (χ3n) is 4.33. The van der Waals surface area contributed by atoms with Crippen molar-refractivity contribution in [1.82, 2.24) is 9.78 Å². The van der Waals surface area contributed by atoms with Gasteiger partial charge in [0.1, 0.15) is 4.90 Å². The van der Waals surface area contributed by atoms with Crippen molar-refractivity contribution in [3.63, 3.8) is 0 Å². The Labute approximate surface area is 151 Å². The molecule has 26 heavy (non-hydrogen) atoms. The van der Waals surface area contributed by atoms with Crippen LogP contribution >= 0.6 is 0 Å². The van der Waals surface area contributed by atoms with Crippen LogP contribution in [0.3, 0.4) is 0 Å². The highest BCUT2D eigenvalue weighted by atomic mass is 32.2. The number of benzene rings is 1. The number of aromatic nitrogens is 2. The Hall–Kier alpha value is -2.68. The Balaban J connectivity index is 1.99. The smallest absolute Gasteiger partial charge is 0.265 e. The fourth-order valence-electron chi connectivity index (χ4n) is 3.00. The second-order valence-electron chi connectivity index (χ2n) is 6.15. The van der Waals surface area contributed by atoms with Crippen LogP contribution in [-0.4, -0.2) is 30.0 Å². The van der Waals surface area contributed by atoms with E-state index in [1.165, 1.54) is 10.9 Å². The van der Waals surface area contributed by atoms with Crippen molar-refractivity contribution in [2.45, 2.75) is 38.0 Å². The zero-order valence-corrected chi connectivity index (χ0v) is 15.6. The van der Waals surface area contributed by atoms with Crippen molar-refractivity contribution in [3.05, 3.63) is 35.7 Å². The van der Waals surface area contributed by atoms with Gasteiger partial charge in [0, 0.05) is 26.1 Å². The Morgan fingerprint density at radius 1 is 1.19 bits per heavy atom. The molecule has 0 unspecified atom stereocenters. The van der Waals surface area contributed by atoms with Gasteiger partial charge in [-0.2, -0.15) is 5.10 Å².